The van der Waals surface area contributed by atoms with Gasteiger partial charge in [-0.1, -0.05) is 19.1 Å². The van der Waals surface area contributed by atoms with Crippen LogP contribution in [0.2, 0.25) is 0 Å². The molecule has 1 fully saturated rings. The smallest absolute Gasteiger partial charge is 0.126 e. The van der Waals surface area contributed by atoms with Crippen molar-refractivity contribution < 1.29 is 4.74 Å². The minimum atomic E-state index is 0.00193. The quantitative estimate of drug-likeness (QED) is 0.911. The fourth-order valence-electron chi connectivity index (χ4n) is 2.86. The van der Waals surface area contributed by atoms with Crippen LogP contribution in [0, 0.1) is 0 Å². The lowest BCUT2D eigenvalue weighted by molar-refractivity contribution is 0.0364. The predicted molar refractivity (Wildman–Crippen MR) is 84.2 cm³/mol. The number of benzene rings is 1. The summed E-state index contributed by atoms with van der Waals surface area (Å²) in [6.07, 6.45) is 0.904. The molecule has 21 heavy (non-hydrogen) atoms. The van der Waals surface area contributed by atoms with Crippen molar-refractivity contribution in [3.05, 3.63) is 30.1 Å². The minimum absolute atomic E-state index is 0.00193. The number of nitrogens with zero attached hydrogens (tertiary/aromatic N) is 3. The van der Waals surface area contributed by atoms with E-state index in [0.29, 0.717) is 0 Å². The Labute approximate surface area is 125 Å². The highest BCUT2D eigenvalue weighted by molar-refractivity contribution is 5.76. The van der Waals surface area contributed by atoms with Crippen molar-refractivity contribution in [1.82, 2.24) is 14.5 Å². The Morgan fingerprint density at radius 3 is 2.76 bits per heavy atom. The number of ether oxygens (including phenoxy) is 1. The van der Waals surface area contributed by atoms with E-state index in [2.05, 4.69) is 34.6 Å². The molecule has 0 radical (unpaired) electrons. The molecular weight excluding hydrogens is 264 g/mol. The monoisotopic (exact) mass is 288 g/mol. The lowest BCUT2D eigenvalue weighted by atomic mass is 10.2. The second kappa shape index (κ2) is 6.56. The fraction of sp³-hybridized carbons (Fsp3) is 0.562. The van der Waals surface area contributed by atoms with Gasteiger partial charge in [-0.15, -0.1) is 0 Å². The van der Waals surface area contributed by atoms with E-state index in [4.69, 9.17) is 15.5 Å². The summed E-state index contributed by atoms with van der Waals surface area (Å²) in [5.74, 6) is 1.01. The van der Waals surface area contributed by atoms with Gasteiger partial charge in [0, 0.05) is 26.2 Å². The second-order valence-corrected chi connectivity index (χ2v) is 5.58. The summed E-state index contributed by atoms with van der Waals surface area (Å²) >= 11 is 0. The van der Waals surface area contributed by atoms with Gasteiger partial charge in [0.25, 0.3) is 0 Å². The normalized spacial score (nSPS) is 18.2. The summed E-state index contributed by atoms with van der Waals surface area (Å²) in [5.41, 5.74) is 8.48. The lowest BCUT2D eigenvalue weighted by Crippen LogP contribution is -2.38. The van der Waals surface area contributed by atoms with E-state index in [1.54, 1.807) is 0 Å². The van der Waals surface area contributed by atoms with Crippen LogP contribution >= 0.6 is 0 Å². The number of fused-ring (bicyclic) bond motifs is 1. The first-order valence-corrected chi connectivity index (χ1v) is 7.80. The zero-order valence-electron chi connectivity index (χ0n) is 12.7. The molecule has 1 aliphatic heterocycles. The number of hydrogen-bond donors (Lipinski definition) is 1. The van der Waals surface area contributed by atoms with Crippen LogP contribution in [0.15, 0.2) is 24.3 Å². The third kappa shape index (κ3) is 3.10. The van der Waals surface area contributed by atoms with Gasteiger partial charge in [-0.3, -0.25) is 4.90 Å². The van der Waals surface area contributed by atoms with Gasteiger partial charge in [0.1, 0.15) is 5.82 Å². The highest BCUT2D eigenvalue weighted by Crippen LogP contribution is 2.21. The van der Waals surface area contributed by atoms with E-state index in [1.807, 2.05) is 6.07 Å². The summed E-state index contributed by atoms with van der Waals surface area (Å²) in [5, 5.41) is 0. The largest absolute Gasteiger partial charge is 0.379 e. The average molecular weight is 288 g/mol. The van der Waals surface area contributed by atoms with Gasteiger partial charge in [0.2, 0.25) is 0 Å². The number of imidazole rings is 1. The number of hydrogen-bond acceptors (Lipinski definition) is 4. The Morgan fingerprint density at radius 2 is 2.00 bits per heavy atom. The summed E-state index contributed by atoms with van der Waals surface area (Å²) in [7, 11) is 0. The number of aromatic nitrogens is 2. The molecular formula is C16H24N4O. The molecule has 1 aromatic carbocycles. The van der Waals surface area contributed by atoms with Gasteiger partial charge < -0.3 is 15.0 Å². The molecule has 5 nitrogen and oxygen atoms in total. The second-order valence-electron chi connectivity index (χ2n) is 5.58. The van der Waals surface area contributed by atoms with Crippen LogP contribution in [-0.4, -0.2) is 47.3 Å². The Morgan fingerprint density at radius 1 is 1.24 bits per heavy atom. The molecule has 2 aromatic rings. The van der Waals surface area contributed by atoms with E-state index in [1.165, 1.54) is 5.52 Å². The number of rotatable bonds is 5. The van der Waals surface area contributed by atoms with Crippen LogP contribution in [0.3, 0.4) is 0 Å². The molecule has 1 saturated heterocycles. The predicted octanol–water partition coefficient (Wildman–Crippen LogP) is 1.78. The Balaban J connectivity index is 1.84. The first-order valence-electron chi connectivity index (χ1n) is 7.80. The van der Waals surface area contributed by atoms with Gasteiger partial charge in [-0.05, 0) is 18.6 Å². The summed E-state index contributed by atoms with van der Waals surface area (Å²) in [4.78, 5) is 7.19. The molecule has 0 spiro atoms. The van der Waals surface area contributed by atoms with E-state index in [0.717, 1.165) is 57.2 Å². The van der Waals surface area contributed by atoms with Gasteiger partial charge in [0.15, 0.2) is 0 Å². The Bertz CT molecular complexity index is 589. The van der Waals surface area contributed by atoms with Crippen LogP contribution < -0.4 is 5.73 Å². The molecule has 0 aliphatic carbocycles. The van der Waals surface area contributed by atoms with Crippen molar-refractivity contribution in [2.45, 2.75) is 25.9 Å². The number of nitrogens with two attached hydrogens (primary N) is 1. The van der Waals surface area contributed by atoms with Crippen LogP contribution in [0.4, 0.5) is 0 Å². The van der Waals surface area contributed by atoms with Crippen molar-refractivity contribution in [1.29, 1.82) is 0 Å². The summed E-state index contributed by atoms with van der Waals surface area (Å²) in [6, 6.07) is 8.29. The molecule has 5 heteroatoms. The molecule has 2 heterocycles. The SMILES string of the molecule is CCC(N)c1nc2ccccc2n1CCN1CCOCC1. The standard InChI is InChI=1S/C16H24N4O/c1-2-13(17)16-18-14-5-3-4-6-15(14)20(16)8-7-19-9-11-21-12-10-19/h3-6,13H,2,7-12,17H2,1H3. The fourth-order valence-corrected chi connectivity index (χ4v) is 2.86. The molecule has 1 unspecified atom stereocenters. The van der Waals surface area contributed by atoms with Crippen LogP contribution in [0.25, 0.3) is 11.0 Å². The summed E-state index contributed by atoms with van der Waals surface area (Å²) < 4.78 is 7.70. The molecule has 114 valence electrons. The lowest BCUT2D eigenvalue weighted by Gasteiger charge is -2.27. The Hall–Kier alpha value is -1.43. The topological polar surface area (TPSA) is 56.3 Å². The molecule has 3 rings (SSSR count). The molecule has 1 aliphatic rings. The third-order valence-corrected chi connectivity index (χ3v) is 4.20. The number of morpholine rings is 1. The molecule has 1 atom stereocenters. The average Bonchev–Trinajstić information content (AvgIpc) is 2.92. The zero-order valence-corrected chi connectivity index (χ0v) is 12.7. The van der Waals surface area contributed by atoms with Crippen molar-refractivity contribution in [3.8, 4) is 0 Å². The van der Waals surface area contributed by atoms with Gasteiger partial charge in [-0.25, -0.2) is 4.98 Å². The summed E-state index contributed by atoms with van der Waals surface area (Å²) in [6.45, 7) is 7.77. The van der Waals surface area contributed by atoms with Crippen molar-refractivity contribution >= 4 is 11.0 Å². The third-order valence-electron chi connectivity index (χ3n) is 4.20. The zero-order chi connectivity index (χ0) is 14.7. The Kier molecular flexibility index (Phi) is 4.53. The highest BCUT2D eigenvalue weighted by atomic mass is 16.5. The molecule has 1 aromatic heterocycles. The van der Waals surface area contributed by atoms with E-state index < -0.39 is 0 Å². The molecule has 0 saturated carbocycles. The van der Waals surface area contributed by atoms with Gasteiger partial charge in [0.05, 0.1) is 30.3 Å². The first-order chi connectivity index (χ1) is 10.3. The van der Waals surface area contributed by atoms with Crippen LogP contribution in [0.1, 0.15) is 25.2 Å². The molecule has 2 N–H and O–H groups in total. The van der Waals surface area contributed by atoms with Crippen molar-refractivity contribution in [2.75, 3.05) is 32.8 Å². The van der Waals surface area contributed by atoms with Gasteiger partial charge in [-0.2, -0.15) is 0 Å². The maximum Gasteiger partial charge on any atom is 0.126 e. The van der Waals surface area contributed by atoms with Crippen molar-refractivity contribution in [2.24, 2.45) is 5.73 Å². The van der Waals surface area contributed by atoms with Crippen LogP contribution in [-0.2, 0) is 11.3 Å². The van der Waals surface area contributed by atoms with E-state index in [9.17, 15) is 0 Å². The van der Waals surface area contributed by atoms with Crippen LogP contribution in [0.5, 0.6) is 0 Å². The first kappa shape index (κ1) is 14.5. The highest BCUT2D eigenvalue weighted by Gasteiger charge is 2.17. The van der Waals surface area contributed by atoms with Gasteiger partial charge >= 0.3 is 0 Å². The maximum atomic E-state index is 6.25. The van der Waals surface area contributed by atoms with E-state index >= 15 is 0 Å². The van der Waals surface area contributed by atoms with E-state index in [-0.39, 0.29) is 6.04 Å². The minimum Gasteiger partial charge on any atom is -0.379 e. The molecule has 0 amide bonds. The molecule has 0 bridgehead atoms. The number of para-hydroxylation sites is 2. The van der Waals surface area contributed by atoms with Crippen molar-refractivity contribution in [3.63, 3.8) is 0 Å². The maximum absolute atomic E-state index is 6.25.